The number of carboxylic acids is 1. The van der Waals surface area contributed by atoms with E-state index in [9.17, 15) is 4.79 Å². The number of aliphatic carboxylic acids is 1. The van der Waals surface area contributed by atoms with E-state index in [4.69, 9.17) is 5.11 Å². The van der Waals surface area contributed by atoms with Gasteiger partial charge in [0, 0.05) is 11.9 Å². The molecule has 2 aliphatic rings. The second kappa shape index (κ2) is 2.94. The van der Waals surface area contributed by atoms with E-state index in [0.717, 1.165) is 11.3 Å². The molecule has 0 saturated carbocycles. The van der Waals surface area contributed by atoms with Crippen LogP contribution in [0.25, 0.3) is 0 Å². The van der Waals surface area contributed by atoms with E-state index < -0.39 is 5.97 Å². The molecule has 2 rings (SSSR count). The molecular formula is C10H9NO2. The lowest BCUT2D eigenvalue weighted by atomic mass is 9.96. The van der Waals surface area contributed by atoms with Gasteiger partial charge >= 0.3 is 5.97 Å². The molecule has 0 aromatic carbocycles. The highest BCUT2D eigenvalue weighted by Crippen LogP contribution is 2.24. The van der Waals surface area contributed by atoms with Gasteiger partial charge in [-0.1, -0.05) is 12.2 Å². The molecule has 0 radical (unpaired) electrons. The van der Waals surface area contributed by atoms with E-state index in [-0.39, 0.29) is 0 Å². The molecule has 1 heterocycles. The number of carbonyl (C=O) groups is 1. The fraction of sp³-hybridized carbons (Fsp3) is 0.100. The molecule has 0 aromatic rings. The smallest absolute Gasteiger partial charge is 0.336 e. The summed E-state index contributed by atoms with van der Waals surface area (Å²) in [5.41, 5.74) is 2.13. The first-order chi connectivity index (χ1) is 6.29. The van der Waals surface area contributed by atoms with Gasteiger partial charge in [0.25, 0.3) is 0 Å². The molecular weight excluding hydrogens is 166 g/mol. The molecule has 0 aromatic heterocycles. The zero-order valence-corrected chi connectivity index (χ0v) is 6.95. The zero-order chi connectivity index (χ0) is 9.26. The lowest BCUT2D eigenvalue weighted by Crippen LogP contribution is -2.17. The summed E-state index contributed by atoms with van der Waals surface area (Å²) in [6.45, 7) is 0. The quantitative estimate of drug-likeness (QED) is 0.632. The van der Waals surface area contributed by atoms with Crippen molar-refractivity contribution in [2.75, 3.05) is 0 Å². The van der Waals surface area contributed by atoms with Crippen LogP contribution in [-0.4, -0.2) is 11.1 Å². The highest BCUT2D eigenvalue weighted by molar-refractivity contribution is 5.92. The van der Waals surface area contributed by atoms with Gasteiger partial charge in [-0.05, 0) is 24.1 Å². The number of allylic oxidation sites excluding steroid dienone is 4. The normalized spacial score (nSPS) is 19.2. The molecule has 0 amide bonds. The summed E-state index contributed by atoms with van der Waals surface area (Å²) >= 11 is 0. The average molecular weight is 175 g/mol. The van der Waals surface area contributed by atoms with Crippen molar-refractivity contribution in [1.29, 1.82) is 0 Å². The molecule has 3 nitrogen and oxygen atoms in total. The number of nitrogens with one attached hydrogen (secondary N) is 1. The molecule has 3 heteroatoms. The van der Waals surface area contributed by atoms with Crippen molar-refractivity contribution in [2.24, 2.45) is 0 Å². The number of hydrogen-bond donors (Lipinski definition) is 2. The number of hydrogen-bond acceptors (Lipinski definition) is 2. The second-order valence-electron chi connectivity index (χ2n) is 2.89. The van der Waals surface area contributed by atoms with Crippen LogP contribution in [0.2, 0.25) is 0 Å². The van der Waals surface area contributed by atoms with Crippen LogP contribution in [-0.2, 0) is 4.79 Å². The lowest BCUT2D eigenvalue weighted by Gasteiger charge is -2.19. The largest absolute Gasteiger partial charge is 0.478 e. The first kappa shape index (κ1) is 7.86. The topological polar surface area (TPSA) is 49.3 Å². The molecule has 66 valence electrons. The molecule has 0 bridgehead atoms. The molecule has 0 unspecified atom stereocenters. The maximum Gasteiger partial charge on any atom is 0.336 e. The van der Waals surface area contributed by atoms with Gasteiger partial charge in [-0.2, -0.15) is 0 Å². The van der Waals surface area contributed by atoms with Crippen molar-refractivity contribution in [3.8, 4) is 0 Å². The van der Waals surface area contributed by atoms with Gasteiger partial charge in [0.05, 0.1) is 5.57 Å². The highest BCUT2D eigenvalue weighted by Gasteiger charge is 2.18. The Morgan fingerprint density at radius 2 is 2.38 bits per heavy atom. The summed E-state index contributed by atoms with van der Waals surface area (Å²) in [7, 11) is 0. The first-order valence-corrected chi connectivity index (χ1v) is 4.06. The van der Waals surface area contributed by atoms with Crippen LogP contribution in [0.15, 0.2) is 47.3 Å². The minimum atomic E-state index is -0.867. The average Bonchev–Trinajstić information content (AvgIpc) is 2.17. The summed E-state index contributed by atoms with van der Waals surface area (Å²) in [4.78, 5) is 10.8. The van der Waals surface area contributed by atoms with Gasteiger partial charge in [0.2, 0.25) is 0 Å². The summed E-state index contributed by atoms with van der Waals surface area (Å²) in [5, 5.41) is 11.9. The van der Waals surface area contributed by atoms with Crippen molar-refractivity contribution in [1.82, 2.24) is 5.32 Å². The van der Waals surface area contributed by atoms with Crippen molar-refractivity contribution in [2.45, 2.75) is 6.42 Å². The predicted molar refractivity (Wildman–Crippen MR) is 48.8 cm³/mol. The Labute approximate surface area is 75.8 Å². The molecule has 1 aliphatic heterocycles. The van der Waals surface area contributed by atoms with E-state index in [0.29, 0.717) is 12.0 Å². The van der Waals surface area contributed by atoms with Gasteiger partial charge in [-0.25, -0.2) is 4.79 Å². The summed E-state index contributed by atoms with van der Waals surface area (Å²) in [6.07, 6.45) is 9.68. The van der Waals surface area contributed by atoms with Gasteiger partial charge in [-0.15, -0.1) is 0 Å². The number of carboxylic acid groups (broad SMARTS) is 1. The van der Waals surface area contributed by atoms with E-state index >= 15 is 0 Å². The summed E-state index contributed by atoms with van der Waals surface area (Å²) < 4.78 is 0. The van der Waals surface area contributed by atoms with Crippen LogP contribution >= 0.6 is 0 Å². The molecule has 1 aliphatic carbocycles. The predicted octanol–water partition coefficient (Wildman–Crippen LogP) is 1.33. The molecule has 0 spiro atoms. The summed E-state index contributed by atoms with van der Waals surface area (Å²) in [5.74, 6) is -0.867. The fourth-order valence-corrected chi connectivity index (χ4v) is 1.47. The van der Waals surface area contributed by atoms with E-state index in [1.807, 2.05) is 18.2 Å². The Morgan fingerprint density at radius 1 is 1.54 bits per heavy atom. The van der Waals surface area contributed by atoms with Crippen molar-refractivity contribution < 1.29 is 9.90 Å². The van der Waals surface area contributed by atoms with Crippen LogP contribution in [0.4, 0.5) is 0 Å². The second-order valence-corrected chi connectivity index (χ2v) is 2.89. The first-order valence-electron chi connectivity index (χ1n) is 4.06. The van der Waals surface area contributed by atoms with Crippen molar-refractivity contribution >= 4 is 5.97 Å². The van der Waals surface area contributed by atoms with Gasteiger partial charge < -0.3 is 10.4 Å². The van der Waals surface area contributed by atoms with E-state index in [1.165, 1.54) is 0 Å². The number of dihydropyridines is 1. The van der Waals surface area contributed by atoms with Gasteiger partial charge in [0.15, 0.2) is 0 Å². The Morgan fingerprint density at radius 3 is 3.15 bits per heavy atom. The monoisotopic (exact) mass is 175 g/mol. The molecule has 0 saturated heterocycles. The van der Waals surface area contributed by atoms with Crippen LogP contribution in [0, 0.1) is 0 Å². The minimum Gasteiger partial charge on any atom is -0.478 e. The Hall–Kier alpha value is -1.77. The molecule has 0 fully saturated rings. The maximum absolute atomic E-state index is 10.8. The third-order valence-electron chi connectivity index (χ3n) is 2.09. The van der Waals surface area contributed by atoms with Crippen LogP contribution in [0.1, 0.15) is 6.42 Å². The number of fused-ring (bicyclic) bond motifs is 1. The standard InChI is InChI=1S/C10H9NO2/c12-10(13)8-5-6-11-9-4-2-1-3-7(8)9/h1-2,4-6,11H,3H2,(H,12,13). The Balaban J connectivity index is 2.49. The third-order valence-corrected chi connectivity index (χ3v) is 2.09. The molecule has 0 atom stereocenters. The van der Waals surface area contributed by atoms with E-state index in [2.05, 4.69) is 5.32 Å². The van der Waals surface area contributed by atoms with Gasteiger partial charge in [0.1, 0.15) is 0 Å². The maximum atomic E-state index is 10.8. The number of rotatable bonds is 1. The highest BCUT2D eigenvalue weighted by atomic mass is 16.4. The van der Waals surface area contributed by atoms with Crippen molar-refractivity contribution in [3.05, 3.63) is 47.3 Å². The van der Waals surface area contributed by atoms with E-state index in [1.54, 1.807) is 12.3 Å². The van der Waals surface area contributed by atoms with Crippen molar-refractivity contribution in [3.63, 3.8) is 0 Å². The minimum absolute atomic E-state index is 0.384. The third kappa shape index (κ3) is 1.28. The zero-order valence-electron chi connectivity index (χ0n) is 6.95. The van der Waals surface area contributed by atoms with Gasteiger partial charge in [-0.3, -0.25) is 0 Å². The fourth-order valence-electron chi connectivity index (χ4n) is 1.47. The lowest BCUT2D eigenvalue weighted by molar-refractivity contribution is -0.132. The molecule has 13 heavy (non-hydrogen) atoms. The Kier molecular flexibility index (Phi) is 1.77. The van der Waals surface area contributed by atoms with Crippen LogP contribution < -0.4 is 5.32 Å². The Bertz CT molecular complexity index is 372. The SMILES string of the molecule is O=C(O)C1=C2CC=CC=C2NC=C1. The van der Waals surface area contributed by atoms with Crippen LogP contribution in [0.3, 0.4) is 0 Å². The summed E-state index contributed by atoms with van der Waals surface area (Å²) in [6, 6.07) is 0. The van der Waals surface area contributed by atoms with Crippen LogP contribution in [0.5, 0.6) is 0 Å². The molecule has 2 N–H and O–H groups in total.